The molecule has 0 aliphatic carbocycles. The molecule has 1 fully saturated rings. The van der Waals surface area contributed by atoms with Gasteiger partial charge in [-0.15, -0.1) is 5.10 Å². The molecule has 0 saturated carbocycles. The fraction of sp³-hybridized carbons (Fsp3) is 0.429. The number of pyridine rings is 1. The van der Waals surface area contributed by atoms with E-state index in [1.165, 1.54) is 11.4 Å². The second-order valence-corrected chi connectivity index (χ2v) is 8.36. The van der Waals surface area contributed by atoms with E-state index in [0.29, 0.717) is 35.4 Å². The van der Waals surface area contributed by atoms with E-state index < -0.39 is 24.9 Å². The van der Waals surface area contributed by atoms with Crippen molar-refractivity contribution in [1.82, 2.24) is 34.0 Å². The third kappa shape index (κ3) is 4.00. The Bertz CT molecular complexity index is 1360. The highest BCUT2D eigenvalue weighted by molar-refractivity contribution is 5.88. The summed E-state index contributed by atoms with van der Waals surface area (Å²) in [6.07, 6.45) is -3.81. The lowest BCUT2D eigenvalue weighted by Gasteiger charge is -2.15. The molecule has 5 heterocycles. The maximum atomic E-state index is 14.3. The zero-order chi connectivity index (χ0) is 24.2. The molecule has 9 nitrogen and oxygen atoms in total. The maximum absolute atomic E-state index is 14.3. The van der Waals surface area contributed by atoms with Gasteiger partial charge in [0, 0.05) is 24.8 Å². The average Bonchev–Trinajstić information content (AvgIpc) is 3.43. The standard InChI is InChI=1S/C21H23F4N9/c1-3-32-8-13(22)16(9-32)29-20-30-18(26)17-12(6-7-34(17)31-20)14-4-5-15-19(28-14)33(11(2)27-15)10-21(23,24)25/h4-7,13,16H,3,8-10H2,1-2H3,(H3,26,29,30,31)/t13-,16+/m0/s1. The molecule has 0 spiro atoms. The number of aromatic nitrogens is 6. The molecule has 3 N–H and O–H groups in total. The van der Waals surface area contributed by atoms with Crippen LogP contribution in [0, 0.1) is 6.92 Å². The fourth-order valence-corrected chi connectivity index (χ4v) is 4.35. The lowest BCUT2D eigenvalue weighted by molar-refractivity contribution is -0.140. The normalized spacial score (nSPS) is 19.5. The Morgan fingerprint density at radius 2 is 1.94 bits per heavy atom. The molecule has 0 bridgehead atoms. The van der Waals surface area contributed by atoms with Crippen LogP contribution in [-0.2, 0) is 6.54 Å². The molecule has 1 aliphatic rings. The molecule has 4 aromatic rings. The predicted octanol–water partition coefficient (Wildman–Crippen LogP) is 3.05. The van der Waals surface area contributed by atoms with Crippen molar-refractivity contribution in [3.05, 3.63) is 30.2 Å². The molecule has 4 aromatic heterocycles. The van der Waals surface area contributed by atoms with Crippen LogP contribution in [0.25, 0.3) is 27.9 Å². The number of alkyl halides is 4. The van der Waals surface area contributed by atoms with Gasteiger partial charge in [0.15, 0.2) is 11.5 Å². The monoisotopic (exact) mass is 477 g/mol. The molecule has 1 saturated heterocycles. The number of anilines is 2. The third-order valence-electron chi connectivity index (χ3n) is 6.02. The van der Waals surface area contributed by atoms with Gasteiger partial charge in [-0.2, -0.15) is 18.2 Å². The van der Waals surface area contributed by atoms with Crippen LogP contribution in [0.15, 0.2) is 24.4 Å². The first-order valence-electron chi connectivity index (χ1n) is 10.8. The van der Waals surface area contributed by atoms with E-state index in [0.717, 1.165) is 11.1 Å². The number of imidazole rings is 1. The Morgan fingerprint density at radius 1 is 1.15 bits per heavy atom. The third-order valence-corrected chi connectivity index (χ3v) is 6.02. The maximum Gasteiger partial charge on any atom is 0.406 e. The highest BCUT2D eigenvalue weighted by Gasteiger charge is 2.33. The largest absolute Gasteiger partial charge is 0.406 e. The highest BCUT2D eigenvalue weighted by Crippen LogP contribution is 2.30. The number of nitrogens with two attached hydrogens (primary N) is 1. The molecule has 0 amide bonds. The van der Waals surface area contributed by atoms with Gasteiger partial charge in [-0.25, -0.2) is 18.9 Å². The van der Waals surface area contributed by atoms with E-state index in [1.54, 1.807) is 24.4 Å². The number of nitrogens with one attached hydrogen (secondary N) is 1. The summed E-state index contributed by atoms with van der Waals surface area (Å²) in [5.74, 6) is 0.553. The molecule has 0 radical (unpaired) electrons. The number of nitrogen functional groups attached to an aromatic ring is 1. The number of hydrogen-bond donors (Lipinski definition) is 2. The Kier molecular flexibility index (Phi) is 5.30. The van der Waals surface area contributed by atoms with Crippen molar-refractivity contribution in [1.29, 1.82) is 0 Å². The molecule has 180 valence electrons. The minimum atomic E-state index is -4.41. The van der Waals surface area contributed by atoms with Crippen LogP contribution in [0.5, 0.6) is 0 Å². The summed E-state index contributed by atoms with van der Waals surface area (Å²) >= 11 is 0. The van der Waals surface area contributed by atoms with Crippen LogP contribution in [-0.4, -0.2) is 72.1 Å². The number of aryl methyl sites for hydroxylation is 1. The van der Waals surface area contributed by atoms with Crippen molar-refractivity contribution < 1.29 is 17.6 Å². The van der Waals surface area contributed by atoms with Crippen LogP contribution in [0.2, 0.25) is 0 Å². The summed E-state index contributed by atoms with van der Waals surface area (Å²) in [6.45, 7) is 3.92. The molecule has 34 heavy (non-hydrogen) atoms. The van der Waals surface area contributed by atoms with E-state index in [4.69, 9.17) is 5.73 Å². The minimum absolute atomic E-state index is 0.125. The molecule has 2 atom stereocenters. The van der Waals surface area contributed by atoms with Crippen molar-refractivity contribution >= 4 is 28.4 Å². The summed E-state index contributed by atoms with van der Waals surface area (Å²) in [7, 11) is 0. The Morgan fingerprint density at radius 3 is 2.65 bits per heavy atom. The molecule has 1 aliphatic heterocycles. The molecule has 0 unspecified atom stereocenters. The lowest BCUT2D eigenvalue weighted by atomic mass is 10.2. The number of likely N-dealkylation sites (N-methyl/N-ethyl adjacent to an activating group) is 1. The number of halogens is 4. The summed E-state index contributed by atoms with van der Waals surface area (Å²) in [5.41, 5.74) is 8.13. The van der Waals surface area contributed by atoms with Crippen molar-refractivity contribution in [3.8, 4) is 11.3 Å². The first-order chi connectivity index (χ1) is 16.1. The van der Waals surface area contributed by atoms with E-state index in [1.807, 2.05) is 11.8 Å². The van der Waals surface area contributed by atoms with Gasteiger partial charge in [-0.3, -0.25) is 4.90 Å². The van der Waals surface area contributed by atoms with Crippen LogP contribution in [0.4, 0.5) is 29.3 Å². The number of fused-ring (bicyclic) bond motifs is 2. The quantitative estimate of drug-likeness (QED) is 0.426. The Balaban J connectivity index is 1.50. The number of likely N-dealkylation sites (tertiary alicyclic amines) is 1. The molecule has 0 aromatic carbocycles. The van der Waals surface area contributed by atoms with Gasteiger partial charge in [0.05, 0.1) is 11.7 Å². The van der Waals surface area contributed by atoms with E-state index in [2.05, 4.69) is 25.4 Å². The lowest BCUT2D eigenvalue weighted by Crippen LogP contribution is -2.31. The second-order valence-electron chi connectivity index (χ2n) is 8.36. The van der Waals surface area contributed by atoms with Crippen molar-refractivity contribution in [2.75, 3.05) is 30.7 Å². The van der Waals surface area contributed by atoms with Gasteiger partial charge < -0.3 is 15.6 Å². The SMILES string of the molecule is CCN1C[C@H](F)[C@H](Nc2nc(N)c3c(-c4ccc5nc(C)n(CC(F)(F)F)c5n4)ccn3n2)C1. The zero-order valence-electron chi connectivity index (χ0n) is 18.5. The first-order valence-corrected chi connectivity index (χ1v) is 10.8. The highest BCUT2D eigenvalue weighted by atomic mass is 19.4. The van der Waals surface area contributed by atoms with Gasteiger partial charge in [0.25, 0.3) is 0 Å². The molecular formula is C21H23F4N9. The van der Waals surface area contributed by atoms with Crippen LogP contribution >= 0.6 is 0 Å². The van der Waals surface area contributed by atoms with Gasteiger partial charge in [-0.05, 0) is 31.7 Å². The van der Waals surface area contributed by atoms with Crippen molar-refractivity contribution in [2.45, 2.75) is 38.8 Å². The number of hydrogen-bond acceptors (Lipinski definition) is 7. The topological polar surface area (TPSA) is 102 Å². The van der Waals surface area contributed by atoms with Crippen LogP contribution in [0.3, 0.4) is 0 Å². The molecule has 5 rings (SSSR count). The Hall–Kier alpha value is -3.48. The van der Waals surface area contributed by atoms with Gasteiger partial charge in [0.2, 0.25) is 5.95 Å². The number of nitrogens with zero attached hydrogens (tertiary/aromatic N) is 7. The van der Waals surface area contributed by atoms with Gasteiger partial charge in [-0.1, -0.05) is 6.92 Å². The van der Waals surface area contributed by atoms with Gasteiger partial charge >= 0.3 is 6.18 Å². The van der Waals surface area contributed by atoms with Crippen LogP contribution < -0.4 is 11.1 Å². The van der Waals surface area contributed by atoms with Crippen LogP contribution in [0.1, 0.15) is 12.7 Å². The van der Waals surface area contributed by atoms with E-state index in [9.17, 15) is 17.6 Å². The zero-order valence-corrected chi connectivity index (χ0v) is 18.5. The smallest absolute Gasteiger partial charge is 0.382 e. The summed E-state index contributed by atoms with van der Waals surface area (Å²) in [6, 6.07) is 4.55. The average molecular weight is 477 g/mol. The van der Waals surface area contributed by atoms with E-state index in [-0.39, 0.29) is 23.2 Å². The molecular weight excluding hydrogens is 454 g/mol. The minimum Gasteiger partial charge on any atom is -0.382 e. The van der Waals surface area contributed by atoms with E-state index >= 15 is 0 Å². The first kappa shape index (κ1) is 22.3. The summed E-state index contributed by atoms with van der Waals surface area (Å²) in [5, 5.41) is 7.42. The van der Waals surface area contributed by atoms with Gasteiger partial charge in [0.1, 0.15) is 29.6 Å². The Labute approximate surface area is 191 Å². The predicted molar refractivity (Wildman–Crippen MR) is 119 cm³/mol. The van der Waals surface area contributed by atoms with Crippen molar-refractivity contribution in [3.63, 3.8) is 0 Å². The number of rotatable bonds is 5. The second kappa shape index (κ2) is 8.08. The fourth-order valence-electron chi connectivity index (χ4n) is 4.35. The molecule has 13 heteroatoms. The summed E-state index contributed by atoms with van der Waals surface area (Å²) in [4.78, 5) is 14.9. The summed E-state index contributed by atoms with van der Waals surface area (Å²) < 4.78 is 56.1. The van der Waals surface area contributed by atoms with Crippen molar-refractivity contribution in [2.24, 2.45) is 0 Å².